The maximum atomic E-state index is 12.2. The van der Waals surface area contributed by atoms with E-state index in [0.717, 1.165) is 0 Å². The van der Waals surface area contributed by atoms with Crippen molar-refractivity contribution in [2.75, 3.05) is 0 Å². The van der Waals surface area contributed by atoms with Crippen LogP contribution in [0.3, 0.4) is 0 Å². The van der Waals surface area contributed by atoms with Crippen molar-refractivity contribution in [2.24, 2.45) is 5.41 Å². The molecular weight excluding hydrogens is 308 g/mol. The van der Waals surface area contributed by atoms with Crippen molar-refractivity contribution in [2.45, 2.75) is 25.6 Å². The van der Waals surface area contributed by atoms with Crippen LogP contribution in [0.15, 0.2) is 29.1 Å². The molecule has 2 aromatic rings. The number of carbonyl (C=O) groups excluding carboxylic acids is 1. The molecule has 1 aromatic heterocycles. The largest absolute Gasteiger partial charge is 0.319 e. The van der Waals surface area contributed by atoms with Crippen molar-refractivity contribution in [1.82, 2.24) is 9.97 Å². The summed E-state index contributed by atoms with van der Waals surface area (Å²) in [4.78, 5) is 30.6. The number of benzene rings is 1. The summed E-state index contributed by atoms with van der Waals surface area (Å²) in [6.45, 7) is 5.45. The van der Waals surface area contributed by atoms with Crippen molar-refractivity contribution in [1.29, 1.82) is 0 Å². The van der Waals surface area contributed by atoms with Crippen molar-refractivity contribution < 1.29 is 4.79 Å². The molecule has 100 valence electrons. The Balaban J connectivity index is 2.54. The first-order valence-electron chi connectivity index (χ1n) is 5.98. The van der Waals surface area contributed by atoms with Gasteiger partial charge in [-0.2, -0.15) is 0 Å². The number of ketones is 1. The van der Waals surface area contributed by atoms with Crippen LogP contribution in [0.4, 0.5) is 0 Å². The van der Waals surface area contributed by atoms with Gasteiger partial charge in [0.05, 0.1) is 11.0 Å². The van der Waals surface area contributed by atoms with Gasteiger partial charge >= 0.3 is 0 Å². The second-order valence-corrected chi connectivity index (χ2v) is 6.36. The van der Waals surface area contributed by atoms with E-state index in [-0.39, 0.29) is 17.0 Å². The van der Waals surface area contributed by atoms with Gasteiger partial charge < -0.3 is 4.98 Å². The number of hydrogen-bond donors (Lipinski definition) is 1. The fraction of sp³-hybridized carbons (Fsp3) is 0.357. The van der Waals surface area contributed by atoms with Gasteiger partial charge in [-0.05, 0) is 12.1 Å². The Bertz CT molecular complexity index is 686. The molecule has 0 fully saturated rings. The first-order chi connectivity index (χ1) is 8.80. The fourth-order valence-corrected chi connectivity index (χ4v) is 2.72. The highest BCUT2D eigenvalue weighted by Gasteiger charge is 2.31. The molecule has 1 heterocycles. The van der Waals surface area contributed by atoms with E-state index in [1.165, 1.54) is 0 Å². The van der Waals surface area contributed by atoms with Gasteiger partial charge in [-0.25, -0.2) is 4.98 Å². The Hall–Kier alpha value is -1.49. The summed E-state index contributed by atoms with van der Waals surface area (Å²) in [6, 6.07) is 7.25. The zero-order valence-corrected chi connectivity index (χ0v) is 12.6. The van der Waals surface area contributed by atoms with Crippen LogP contribution >= 0.6 is 15.9 Å². The molecule has 1 N–H and O–H groups in total. The van der Waals surface area contributed by atoms with E-state index in [1.54, 1.807) is 12.1 Å². The highest BCUT2D eigenvalue weighted by molar-refractivity contribution is 9.09. The minimum absolute atomic E-state index is 0.0687. The summed E-state index contributed by atoms with van der Waals surface area (Å²) in [6.07, 6.45) is 0. The number of Topliss-reactive ketones (excluding diaryl/α,β-unsaturated/α-hetero) is 1. The van der Waals surface area contributed by atoms with E-state index < -0.39 is 10.2 Å². The Labute approximate surface area is 119 Å². The number of nitrogens with zero attached hydrogens (tertiary/aromatic N) is 1. The van der Waals surface area contributed by atoms with Crippen molar-refractivity contribution in [3.63, 3.8) is 0 Å². The molecular formula is C14H15BrN2O2. The van der Waals surface area contributed by atoms with E-state index in [1.807, 2.05) is 32.9 Å². The average Bonchev–Trinajstić information content (AvgIpc) is 2.35. The number of nitrogens with one attached hydrogen (secondary N) is 1. The predicted molar refractivity (Wildman–Crippen MR) is 78.5 cm³/mol. The van der Waals surface area contributed by atoms with Crippen LogP contribution < -0.4 is 5.56 Å². The molecule has 19 heavy (non-hydrogen) atoms. The molecule has 0 amide bonds. The number of alkyl halides is 1. The monoisotopic (exact) mass is 322 g/mol. The second kappa shape index (κ2) is 4.89. The van der Waals surface area contributed by atoms with E-state index in [9.17, 15) is 9.59 Å². The summed E-state index contributed by atoms with van der Waals surface area (Å²) in [5.41, 5.74) is 0.674. The van der Waals surface area contributed by atoms with Crippen LogP contribution in [0, 0.1) is 5.41 Å². The number of para-hydroxylation sites is 2. The van der Waals surface area contributed by atoms with Crippen LogP contribution in [-0.2, 0) is 4.79 Å². The average molecular weight is 323 g/mol. The Morgan fingerprint density at radius 1 is 1.32 bits per heavy atom. The topological polar surface area (TPSA) is 62.8 Å². The number of halogens is 1. The van der Waals surface area contributed by atoms with Crippen molar-refractivity contribution >= 4 is 32.7 Å². The molecule has 0 bridgehead atoms. The molecule has 0 aliphatic heterocycles. The lowest BCUT2D eigenvalue weighted by molar-refractivity contribution is -0.125. The van der Waals surface area contributed by atoms with Gasteiger partial charge in [0, 0.05) is 5.41 Å². The minimum Gasteiger partial charge on any atom is -0.319 e. The Kier molecular flexibility index (Phi) is 3.58. The van der Waals surface area contributed by atoms with E-state index in [4.69, 9.17) is 0 Å². The molecule has 1 unspecified atom stereocenters. The highest BCUT2D eigenvalue weighted by Crippen LogP contribution is 2.29. The zero-order valence-electron chi connectivity index (χ0n) is 11.0. The lowest BCUT2D eigenvalue weighted by Gasteiger charge is -2.20. The van der Waals surface area contributed by atoms with Crippen molar-refractivity contribution in [3.05, 3.63) is 40.3 Å². The molecule has 0 saturated heterocycles. The molecule has 0 aliphatic rings. The van der Waals surface area contributed by atoms with Gasteiger partial charge in [0.2, 0.25) is 0 Å². The van der Waals surface area contributed by atoms with Gasteiger partial charge in [-0.1, -0.05) is 48.8 Å². The lowest BCUT2D eigenvalue weighted by atomic mass is 9.88. The van der Waals surface area contributed by atoms with Crippen molar-refractivity contribution in [3.8, 4) is 0 Å². The molecule has 1 aromatic carbocycles. The molecule has 0 spiro atoms. The lowest BCUT2D eigenvalue weighted by Crippen LogP contribution is -2.28. The number of hydrogen-bond acceptors (Lipinski definition) is 3. The van der Waals surface area contributed by atoms with Gasteiger partial charge in [0.15, 0.2) is 5.78 Å². The van der Waals surface area contributed by atoms with Crippen LogP contribution in [0.25, 0.3) is 11.0 Å². The first kappa shape index (κ1) is 13.9. The number of rotatable bonds is 2. The molecule has 0 saturated carbocycles. The van der Waals surface area contributed by atoms with Crippen LogP contribution in [0.2, 0.25) is 0 Å². The minimum atomic E-state index is -0.694. The quantitative estimate of drug-likeness (QED) is 0.864. The maximum absolute atomic E-state index is 12.2. The first-order valence-corrected chi connectivity index (χ1v) is 6.89. The summed E-state index contributed by atoms with van der Waals surface area (Å²) in [7, 11) is 0. The molecule has 4 nitrogen and oxygen atoms in total. The fourth-order valence-electron chi connectivity index (χ4n) is 1.72. The van der Waals surface area contributed by atoms with Gasteiger partial charge in [0.25, 0.3) is 5.56 Å². The standard InChI is InChI=1S/C14H15BrN2O2/c1-14(2,3)12(18)10(15)11-13(19)17-9-7-5-4-6-8(9)16-11/h4-7,10H,1-3H3,(H,17,19). The third-order valence-corrected chi connectivity index (χ3v) is 3.68. The molecule has 1 atom stereocenters. The predicted octanol–water partition coefficient (Wildman–Crippen LogP) is 2.97. The third kappa shape index (κ3) is 2.76. The van der Waals surface area contributed by atoms with Gasteiger partial charge in [-0.15, -0.1) is 0 Å². The Morgan fingerprint density at radius 2 is 1.95 bits per heavy atom. The van der Waals surface area contributed by atoms with Crippen LogP contribution in [-0.4, -0.2) is 15.8 Å². The number of H-pyrrole nitrogens is 1. The van der Waals surface area contributed by atoms with Crippen LogP contribution in [0.5, 0.6) is 0 Å². The summed E-state index contributed by atoms with van der Waals surface area (Å²) in [5, 5.41) is 0. The summed E-state index contributed by atoms with van der Waals surface area (Å²) in [5.74, 6) is -0.0687. The van der Waals surface area contributed by atoms with E-state index in [2.05, 4.69) is 25.9 Å². The van der Waals surface area contributed by atoms with E-state index >= 15 is 0 Å². The SMILES string of the molecule is CC(C)(C)C(=O)C(Br)c1nc2ccccc2[nH]c1=O. The second-order valence-electron chi connectivity index (χ2n) is 5.45. The summed E-state index contributed by atoms with van der Waals surface area (Å²) < 4.78 is 0. The Morgan fingerprint density at radius 3 is 2.58 bits per heavy atom. The number of aromatic amines is 1. The zero-order chi connectivity index (χ0) is 14.2. The van der Waals surface area contributed by atoms with Gasteiger partial charge in [0.1, 0.15) is 10.5 Å². The summed E-state index contributed by atoms with van der Waals surface area (Å²) >= 11 is 3.29. The maximum Gasteiger partial charge on any atom is 0.271 e. The third-order valence-electron chi connectivity index (χ3n) is 2.84. The van der Waals surface area contributed by atoms with Crippen LogP contribution in [0.1, 0.15) is 31.3 Å². The number of carbonyl (C=O) groups is 1. The highest BCUT2D eigenvalue weighted by atomic mass is 79.9. The molecule has 2 rings (SSSR count). The molecule has 0 aliphatic carbocycles. The van der Waals surface area contributed by atoms with E-state index in [0.29, 0.717) is 11.0 Å². The number of aromatic nitrogens is 2. The molecule has 0 radical (unpaired) electrons. The molecule has 5 heteroatoms. The number of fused-ring (bicyclic) bond motifs is 1. The smallest absolute Gasteiger partial charge is 0.271 e. The van der Waals surface area contributed by atoms with Gasteiger partial charge in [-0.3, -0.25) is 9.59 Å². The normalized spacial score (nSPS) is 13.5.